The molecular weight excluding hydrogens is 342 g/mol. The summed E-state index contributed by atoms with van der Waals surface area (Å²) in [5, 5.41) is 9.28. The van der Waals surface area contributed by atoms with Gasteiger partial charge < -0.3 is 10.6 Å². The summed E-state index contributed by atoms with van der Waals surface area (Å²) in [4.78, 5) is 11.1. The van der Waals surface area contributed by atoms with Crippen LogP contribution in [-0.4, -0.2) is 68.1 Å². The van der Waals surface area contributed by atoms with Gasteiger partial charge in [-0.05, 0) is 69.2 Å². The number of piperidine rings is 1. The first-order valence-corrected chi connectivity index (χ1v) is 11.1. The summed E-state index contributed by atoms with van der Waals surface area (Å²) in [6.45, 7) is 10.3. The molecule has 3 heterocycles. The van der Waals surface area contributed by atoms with Crippen molar-refractivity contribution in [1.82, 2.24) is 20.4 Å². The second kappa shape index (κ2) is 10.3. The molecule has 2 aliphatic heterocycles. The van der Waals surface area contributed by atoms with E-state index in [-0.39, 0.29) is 0 Å². The van der Waals surface area contributed by atoms with E-state index in [0.29, 0.717) is 6.04 Å². The van der Waals surface area contributed by atoms with Crippen molar-refractivity contribution in [3.05, 3.63) is 22.4 Å². The molecule has 2 fully saturated rings. The Morgan fingerprint density at radius 3 is 2.69 bits per heavy atom. The lowest BCUT2D eigenvalue weighted by molar-refractivity contribution is 0.179. The number of likely N-dealkylation sites (tertiary alicyclic amines) is 2. The molecule has 2 aliphatic rings. The topological polar surface area (TPSA) is 42.9 Å². The maximum Gasteiger partial charge on any atom is 0.191 e. The Labute approximate surface area is 162 Å². The molecule has 2 saturated heterocycles. The molecule has 6 heteroatoms. The van der Waals surface area contributed by atoms with E-state index < -0.39 is 0 Å². The molecule has 0 saturated carbocycles. The van der Waals surface area contributed by atoms with Crippen LogP contribution < -0.4 is 10.6 Å². The zero-order chi connectivity index (χ0) is 18.2. The fourth-order valence-electron chi connectivity index (χ4n) is 4.19. The van der Waals surface area contributed by atoms with Crippen LogP contribution in [0.1, 0.15) is 37.5 Å². The van der Waals surface area contributed by atoms with Crippen LogP contribution >= 0.6 is 11.3 Å². The molecule has 0 aromatic carbocycles. The standard InChI is InChI=1S/C20H35N5S/c1-3-25-10-4-6-18(25)15-23-20(21-2)22-14-17-8-11-24(12-9-17)16-19-7-5-13-26-19/h5,7,13,17-18H,3-4,6,8-12,14-16H2,1-2H3,(H2,21,22,23). The molecule has 26 heavy (non-hydrogen) atoms. The van der Waals surface area contributed by atoms with Crippen molar-refractivity contribution in [2.24, 2.45) is 10.9 Å². The van der Waals surface area contributed by atoms with Gasteiger partial charge in [-0.15, -0.1) is 11.3 Å². The maximum absolute atomic E-state index is 4.42. The van der Waals surface area contributed by atoms with Gasteiger partial charge in [0.25, 0.3) is 0 Å². The van der Waals surface area contributed by atoms with Gasteiger partial charge in [-0.25, -0.2) is 0 Å². The molecule has 1 aromatic rings. The molecule has 1 aromatic heterocycles. The lowest BCUT2D eigenvalue weighted by atomic mass is 9.97. The number of nitrogens with zero attached hydrogens (tertiary/aromatic N) is 3. The van der Waals surface area contributed by atoms with Crippen LogP contribution in [0.4, 0.5) is 0 Å². The van der Waals surface area contributed by atoms with E-state index in [9.17, 15) is 0 Å². The lowest BCUT2D eigenvalue weighted by Gasteiger charge is -2.32. The fourth-order valence-corrected chi connectivity index (χ4v) is 4.94. The number of hydrogen-bond donors (Lipinski definition) is 2. The van der Waals surface area contributed by atoms with Crippen molar-refractivity contribution in [1.29, 1.82) is 0 Å². The summed E-state index contributed by atoms with van der Waals surface area (Å²) >= 11 is 1.87. The molecule has 1 atom stereocenters. The van der Waals surface area contributed by atoms with Crippen molar-refractivity contribution in [2.75, 3.05) is 46.3 Å². The van der Waals surface area contributed by atoms with Crippen molar-refractivity contribution in [2.45, 2.75) is 45.2 Å². The summed E-state index contributed by atoms with van der Waals surface area (Å²) in [6, 6.07) is 5.07. The molecule has 0 aliphatic carbocycles. The van der Waals surface area contributed by atoms with Gasteiger partial charge in [-0.2, -0.15) is 0 Å². The highest BCUT2D eigenvalue weighted by Gasteiger charge is 2.23. The van der Waals surface area contributed by atoms with E-state index in [1.54, 1.807) is 0 Å². The van der Waals surface area contributed by atoms with Crippen molar-refractivity contribution >= 4 is 17.3 Å². The number of hydrogen-bond acceptors (Lipinski definition) is 4. The Morgan fingerprint density at radius 1 is 1.19 bits per heavy atom. The quantitative estimate of drug-likeness (QED) is 0.566. The second-order valence-corrected chi connectivity index (χ2v) is 8.59. The molecule has 0 amide bonds. The Morgan fingerprint density at radius 2 is 2.00 bits per heavy atom. The van der Waals surface area contributed by atoms with E-state index in [1.165, 1.54) is 50.2 Å². The maximum atomic E-state index is 4.42. The molecule has 146 valence electrons. The largest absolute Gasteiger partial charge is 0.356 e. The second-order valence-electron chi connectivity index (χ2n) is 7.56. The normalized spacial score (nSPS) is 23.5. The van der Waals surface area contributed by atoms with Crippen LogP contribution in [0.3, 0.4) is 0 Å². The molecule has 0 bridgehead atoms. The monoisotopic (exact) mass is 377 g/mol. The van der Waals surface area contributed by atoms with Crippen molar-refractivity contribution in [3.63, 3.8) is 0 Å². The summed E-state index contributed by atoms with van der Waals surface area (Å²) in [5.41, 5.74) is 0. The molecule has 1 unspecified atom stereocenters. The van der Waals surface area contributed by atoms with E-state index in [0.717, 1.165) is 38.1 Å². The Hall–Kier alpha value is -1.11. The van der Waals surface area contributed by atoms with Crippen molar-refractivity contribution in [3.8, 4) is 0 Å². The SMILES string of the molecule is CCN1CCCC1CNC(=NC)NCC1CCN(Cc2cccs2)CC1. The van der Waals surface area contributed by atoms with Gasteiger partial charge in [0, 0.05) is 37.6 Å². The van der Waals surface area contributed by atoms with Crippen LogP contribution in [-0.2, 0) is 6.54 Å². The summed E-state index contributed by atoms with van der Waals surface area (Å²) < 4.78 is 0. The third-order valence-electron chi connectivity index (χ3n) is 5.86. The number of likely N-dealkylation sites (N-methyl/N-ethyl adjacent to an activating group) is 1. The zero-order valence-electron chi connectivity index (χ0n) is 16.4. The van der Waals surface area contributed by atoms with Crippen LogP contribution in [0, 0.1) is 5.92 Å². The highest BCUT2D eigenvalue weighted by molar-refractivity contribution is 7.09. The van der Waals surface area contributed by atoms with E-state index in [1.807, 2.05) is 18.4 Å². The van der Waals surface area contributed by atoms with Gasteiger partial charge in [-0.3, -0.25) is 14.8 Å². The molecule has 5 nitrogen and oxygen atoms in total. The predicted molar refractivity (Wildman–Crippen MR) is 112 cm³/mol. The Kier molecular flexibility index (Phi) is 7.77. The summed E-state index contributed by atoms with van der Waals surface area (Å²) in [5.74, 6) is 1.72. The summed E-state index contributed by atoms with van der Waals surface area (Å²) in [7, 11) is 1.88. The van der Waals surface area contributed by atoms with E-state index in [4.69, 9.17) is 0 Å². The van der Waals surface area contributed by atoms with Crippen LogP contribution in [0.2, 0.25) is 0 Å². The third-order valence-corrected chi connectivity index (χ3v) is 6.72. The molecule has 3 rings (SSSR count). The van der Waals surface area contributed by atoms with Crippen LogP contribution in [0.5, 0.6) is 0 Å². The van der Waals surface area contributed by atoms with Gasteiger partial charge >= 0.3 is 0 Å². The zero-order valence-corrected chi connectivity index (χ0v) is 17.2. The molecule has 2 N–H and O–H groups in total. The van der Waals surface area contributed by atoms with Gasteiger partial charge in [-0.1, -0.05) is 13.0 Å². The molecular formula is C20H35N5S. The van der Waals surface area contributed by atoms with Crippen LogP contribution in [0.25, 0.3) is 0 Å². The van der Waals surface area contributed by atoms with Gasteiger partial charge in [0.15, 0.2) is 5.96 Å². The Balaban J connectivity index is 1.33. The number of thiophene rings is 1. The molecule has 0 radical (unpaired) electrons. The lowest BCUT2D eigenvalue weighted by Crippen LogP contribution is -2.46. The number of guanidine groups is 1. The first-order chi connectivity index (χ1) is 12.8. The van der Waals surface area contributed by atoms with Gasteiger partial charge in [0.05, 0.1) is 0 Å². The predicted octanol–water partition coefficient (Wildman–Crippen LogP) is 2.61. The first kappa shape index (κ1) is 19.6. The van der Waals surface area contributed by atoms with Gasteiger partial charge in [0.2, 0.25) is 0 Å². The minimum atomic E-state index is 0.666. The Bertz CT molecular complexity index is 536. The highest BCUT2D eigenvalue weighted by Crippen LogP contribution is 2.20. The summed E-state index contributed by atoms with van der Waals surface area (Å²) in [6.07, 6.45) is 5.19. The highest BCUT2D eigenvalue weighted by atomic mass is 32.1. The van der Waals surface area contributed by atoms with Crippen molar-refractivity contribution < 1.29 is 0 Å². The third kappa shape index (κ3) is 5.69. The number of rotatable bonds is 7. The van der Waals surface area contributed by atoms with Crippen LogP contribution in [0.15, 0.2) is 22.5 Å². The smallest absolute Gasteiger partial charge is 0.191 e. The average Bonchev–Trinajstić information content (AvgIpc) is 3.34. The fraction of sp³-hybridized carbons (Fsp3) is 0.750. The number of nitrogens with one attached hydrogen (secondary N) is 2. The molecule has 0 spiro atoms. The van der Waals surface area contributed by atoms with E-state index >= 15 is 0 Å². The minimum Gasteiger partial charge on any atom is -0.356 e. The average molecular weight is 378 g/mol. The number of aliphatic imine (C=N–C) groups is 1. The van der Waals surface area contributed by atoms with E-state index in [2.05, 4.69) is 49.9 Å². The van der Waals surface area contributed by atoms with Gasteiger partial charge in [0.1, 0.15) is 0 Å². The first-order valence-electron chi connectivity index (χ1n) is 10.2. The minimum absolute atomic E-state index is 0.666.